The van der Waals surface area contributed by atoms with Crippen molar-refractivity contribution in [3.05, 3.63) is 41.7 Å². The van der Waals surface area contributed by atoms with Crippen LogP contribution < -0.4 is 15.2 Å². The van der Waals surface area contributed by atoms with Crippen molar-refractivity contribution in [2.24, 2.45) is 5.73 Å². The van der Waals surface area contributed by atoms with Crippen LogP contribution in [0.15, 0.2) is 30.5 Å². The molecule has 0 aliphatic carbocycles. The largest absolute Gasteiger partial charge is 0.493 e. The number of hydrogen-bond donors (Lipinski definition) is 1. The molecule has 114 valence electrons. The number of nitrogens with two attached hydrogens (primary N) is 1. The number of ether oxygens (including phenoxy) is 2. The molecule has 5 nitrogen and oxygen atoms in total. The molecule has 5 heteroatoms. The Hall–Kier alpha value is -2.01. The van der Waals surface area contributed by atoms with E-state index < -0.39 is 0 Å². The molecule has 0 spiro atoms. The molecular weight excluding hydrogens is 266 g/mol. The first-order chi connectivity index (χ1) is 10.1. The Bertz CT molecular complexity index is 579. The quantitative estimate of drug-likeness (QED) is 0.851. The van der Waals surface area contributed by atoms with Crippen molar-refractivity contribution in [1.82, 2.24) is 9.78 Å². The Balaban J connectivity index is 2.04. The molecule has 0 fully saturated rings. The molecule has 0 aliphatic rings. The second-order valence-corrected chi connectivity index (χ2v) is 5.19. The van der Waals surface area contributed by atoms with Gasteiger partial charge in [0.05, 0.1) is 12.8 Å². The Morgan fingerprint density at radius 1 is 1.24 bits per heavy atom. The lowest BCUT2D eigenvalue weighted by molar-refractivity contribution is 0.278. The molecular formula is C16H23N3O2. The predicted molar refractivity (Wildman–Crippen MR) is 82.7 cm³/mol. The first-order valence-electron chi connectivity index (χ1n) is 7.18. The van der Waals surface area contributed by atoms with Gasteiger partial charge in [0.25, 0.3) is 0 Å². The number of methoxy groups -OCH3 is 1. The Morgan fingerprint density at radius 3 is 2.67 bits per heavy atom. The van der Waals surface area contributed by atoms with Crippen molar-refractivity contribution < 1.29 is 9.47 Å². The summed E-state index contributed by atoms with van der Waals surface area (Å²) in [4.78, 5) is 0. The molecule has 0 saturated carbocycles. The summed E-state index contributed by atoms with van der Waals surface area (Å²) in [7, 11) is 1.64. The van der Waals surface area contributed by atoms with Crippen LogP contribution in [0, 0.1) is 0 Å². The summed E-state index contributed by atoms with van der Waals surface area (Å²) in [6.45, 7) is 5.23. The highest BCUT2D eigenvalue weighted by Gasteiger charge is 2.08. The van der Waals surface area contributed by atoms with E-state index in [0.29, 0.717) is 19.2 Å². The minimum absolute atomic E-state index is 0.351. The molecule has 0 radical (unpaired) electrons. The molecule has 1 aromatic carbocycles. The zero-order valence-electron chi connectivity index (χ0n) is 12.9. The van der Waals surface area contributed by atoms with Crippen molar-refractivity contribution in [1.29, 1.82) is 0 Å². The van der Waals surface area contributed by atoms with E-state index in [0.717, 1.165) is 29.2 Å². The predicted octanol–water partition coefficient (Wildman–Crippen LogP) is 2.55. The fraction of sp³-hybridized carbons (Fsp3) is 0.438. The van der Waals surface area contributed by atoms with Gasteiger partial charge in [-0.2, -0.15) is 5.10 Å². The smallest absolute Gasteiger partial charge is 0.161 e. The number of aromatic nitrogens is 2. The Morgan fingerprint density at radius 2 is 2.05 bits per heavy atom. The second-order valence-electron chi connectivity index (χ2n) is 5.19. The number of benzene rings is 1. The third-order valence-electron chi connectivity index (χ3n) is 3.23. The molecule has 0 atom stereocenters. The molecule has 2 rings (SSSR count). The summed E-state index contributed by atoms with van der Waals surface area (Å²) < 4.78 is 13.1. The monoisotopic (exact) mass is 289 g/mol. The van der Waals surface area contributed by atoms with Crippen LogP contribution in [0.25, 0.3) is 0 Å². The molecule has 0 saturated heterocycles. The average molecular weight is 289 g/mol. The lowest BCUT2D eigenvalue weighted by Gasteiger charge is -2.11. The van der Waals surface area contributed by atoms with E-state index in [-0.39, 0.29) is 0 Å². The van der Waals surface area contributed by atoms with Gasteiger partial charge >= 0.3 is 0 Å². The van der Waals surface area contributed by atoms with Crippen LogP contribution >= 0.6 is 0 Å². The van der Waals surface area contributed by atoms with Crippen LogP contribution in [0.3, 0.4) is 0 Å². The zero-order chi connectivity index (χ0) is 15.2. The van der Waals surface area contributed by atoms with E-state index in [2.05, 4.69) is 18.9 Å². The van der Waals surface area contributed by atoms with Gasteiger partial charge < -0.3 is 15.2 Å². The highest BCUT2D eigenvalue weighted by atomic mass is 16.5. The Kier molecular flexibility index (Phi) is 5.22. The lowest BCUT2D eigenvalue weighted by Crippen LogP contribution is -2.05. The summed E-state index contributed by atoms with van der Waals surface area (Å²) in [5.74, 6) is 1.45. The topological polar surface area (TPSA) is 62.3 Å². The zero-order valence-corrected chi connectivity index (χ0v) is 12.9. The van der Waals surface area contributed by atoms with E-state index in [9.17, 15) is 0 Å². The third kappa shape index (κ3) is 3.98. The summed E-state index contributed by atoms with van der Waals surface area (Å²) in [6.07, 6.45) is 2.79. The van der Waals surface area contributed by atoms with Gasteiger partial charge in [-0.1, -0.05) is 6.07 Å². The van der Waals surface area contributed by atoms with Gasteiger partial charge in [-0.05, 0) is 50.6 Å². The standard InChI is InChI=1S/C16H23N3O2/c1-12(2)19-9-7-14(18-19)11-21-15-5-4-13(6-8-17)10-16(15)20-3/h4-5,7,9-10,12H,6,8,11,17H2,1-3H3. The fourth-order valence-corrected chi connectivity index (χ4v) is 2.05. The first-order valence-corrected chi connectivity index (χ1v) is 7.18. The van der Waals surface area contributed by atoms with Crippen LogP contribution in [0.2, 0.25) is 0 Å². The maximum absolute atomic E-state index is 5.81. The van der Waals surface area contributed by atoms with Crippen molar-refractivity contribution in [2.45, 2.75) is 32.9 Å². The minimum atomic E-state index is 0.351. The van der Waals surface area contributed by atoms with Gasteiger partial charge in [-0.25, -0.2) is 0 Å². The maximum atomic E-state index is 5.81. The van der Waals surface area contributed by atoms with E-state index in [1.807, 2.05) is 35.1 Å². The van der Waals surface area contributed by atoms with Gasteiger partial charge in [0.2, 0.25) is 0 Å². The van der Waals surface area contributed by atoms with Gasteiger partial charge in [-0.15, -0.1) is 0 Å². The highest BCUT2D eigenvalue weighted by Crippen LogP contribution is 2.28. The van der Waals surface area contributed by atoms with Gasteiger partial charge in [0.15, 0.2) is 11.5 Å². The van der Waals surface area contributed by atoms with E-state index in [1.54, 1.807) is 7.11 Å². The molecule has 21 heavy (non-hydrogen) atoms. The summed E-state index contributed by atoms with van der Waals surface area (Å²) in [5, 5.41) is 4.46. The van der Waals surface area contributed by atoms with Crippen molar-refractivity contribution in [3.63, 3.8) is 0 Å². The van der Waals surface area contributed by atoms with E-state index in [1.165, 1.54) is 0 Å². The van der Waals surface area contributed by atoms with Gasteiger partial charge in [-0.3, -0.25) is 4.68 Å². The van der Waals surface area contributed by atoms with Crippen molar-refractivity contribution >= 4 is 0 Å². The molecule has 1 heterocycles. The Labute approximate surface area is 125 Å². The molecule has 2 N–H and O–H groups in total. The van der Waals surface area contributed by atoms with Crippen molar-refractivity contribution in [2.75, 3.05) is 13.7 Å². The van der Waals surface area contributed by atoms with E-state index >= 15 is 0 Å². The van der Waals surface area contributed by atoms with Crippen LogP contribution in [0.5, 0.6) is 11.5 Å². The number of rotatable bonds is 7. The van der Waals surface area contributed by atoms with Crippen LogP contribution in [-0.2, 0) is 13.0 Å². The summed E-state index contributed by atoms with van der Waals surface area (Å²) in [5.41, 5.74) is 7.61. The fourth-order valence-electron chi connectivity index (χ4n) is 2.05. The van der Waals surface area contributed by atoms with Crippen LogP contribution in [0.4, 0.5) is 0 Å². The molecule has 0 unspecified atom stereocenters. The molecule has 0 amide bonds. The van der Waals surface area contributed by atoms with Gasteiger partial charge in [0, 0.05) is 12.2 Å². The maximum Gasteiger partial charge on any atom is 0.161 e. The SMILES string of the molecule is COc1cc(CCN)ccc1OCc1ccn(C(C)C)n1. The highest BCUT2D eigenvalue weighted by molar-refractivity contribution is 5.43. The van der Waals surface area contributed by atoms with Crippen LogP contribution in [0.1, 0.15) is 31.1 Å². The normalized spacial score (nSPS) is 10.9. The lowest BCUT2D eigenvalue weighted by atomic mass is 10.1. The number of hydrogen-bond acceptors (Lipinski definition) is 4. The third-order valence-corrected chi connectivity index (χ3v) is 3.23. The number of nitrogens with zero attached hydrogens (tertiary/aromatic N) is 2. The molecule has 2 aromatic rings. The van der Waals surface area contributed by atoms with Gasteiger partial charge in [0.1, 0.15) is 6.61 Å². The minimum Gasteiger partial charge on any atom is -0.493 e. The second kappa shape index (κ2) is 7.13. The van der Waals surface area contributed by atoms with Crippen LogP contribution in [-0.4, -0.2) is 23.4 Å². The molecule has 0 bridgehead atoms. The summed E-state index contributed by atoms with van der Waals surface area (Å²) >= 11 is 0. The average Bonchev–Trinajstić information content (AvgIpc) is 2.95. The molecule has 0 aliphatic heterocycles. The van der Waals surface area contributed by atoms with Crippen molar-refractivity contribution in [3.8, 4) is 11.5 Å². The summed E-state index contributed by atoms with van der Waals surface area (Å²) in [6, 6.07) is 8.22. The first kappa shape index (κ1) is 15.4. The van der Waals surface area contributed by atoms with E-state index in [4.69, 9.17) is 15.2 Å². The molecule has 1 aromatic heterocycles.